The molecular weight excluding hydrogens is 1820 g/mol. The third-order valence-electron chi connectivity index (χ3n) is 22.3. The number of hydrogen-bond acceptors (Lipinski definition) is 27. The summed E-state index contributed by atoms with van der Waals surface area (Å²) in [7, 11) is 0. The minimum Gasteiger partial charge on any atom is -0.508 e. The molecule has 0 aliphatic heterocycles. The number of para-hydroxylation sites is 1. The van der Waals surface area contributed by atoms with Crippen molar-refractivity contribution in [2.75, 3.05) is 52.5 Å². The Bertz CT molecular complexity index is 4950. The van der Waals surface area contributed by atoms with Gasteiger partial charge in [-0.3, -0.25) is 83.4 Å². The summed E-state index contributed by atoms with van der Waals surface area (Å²) >= 11 is 0. The first kappa shape index (κ1) is 116. The molecule has 4 aromatic carbocycles. The average molecular weight is 1960 g/mol. The molecule has 1 aromatic heterocycles. The van der Waals surface area contributed by atoms with Crippen molar-refractivity contribution >= 4 is 117 Å². The molecule has 140 heavy (non-hydrogen) atoms. The Morgan fingerprint density at radius 3 is 1.01 bits per heavy atom. The molecule has 0 saturated carbocycles. The predicted molar refractivity (Wildman–Crippen MR) is 515 cm³/mol. The molecule has 5 rings (SSSR count). The Morgan fingerprint density at radius 2 is 0.650 bits per heavy atom. The number of hydrogen-bond donors (Lipinski definition) is 34. The van der Waals surface area contributed by atoms with Crippen LogP contribution in [0.25, 0.3) is 10.9 Å². The van der Waals surface area contributed by atoms with Crippen LogP contribution >= 0.6 is 0 Å². The second-order valence-corrected chi connectivity index (χ2v) is 34.5. The molecule has 49 nitrogen and oxygen atoms in total. The number of aliphatic hydroxyl groups is 3. The quantitative estimate of drug-likeness (QED) is 0.00978. The van der Waals surface area contributed by atoms with Crippen LogP contribution in [0.2, 0.25) is 0 Å². The van der Waals surface area contributed by atoms with Crippen LogP contribution in [0, 0.1) is 28.1 Å². The molecule has 5 aromatic rings. The fourth-order valence-corrected chi connectivity index (χ4v) is 14.5. The summed E-state index contributed by atoms with van der Waals surface area (Å²) in [6, 6.07) is -0.747. The number of H-pyrrole nitrogens is 1. The number of nitrogens with one attached hydrogen (secondary N) is 21. The second-order valence-electron chi connectivity index (χ2n) is 34.5. The number of aromatic hydroxyl groups is 3. The first-order valence-corrected chi connectivity index (χ1v) is 46.1. The number of carboxylic acid groups (broad SMARTS) is 1. The summed E-state index contributed by atoms with van der Waals surface area (Å²) in [4.78, 5) is 218. The minimum absolute atomic E-state index is 0.00452. The monoisotopic (exact) mass is 1960 g/mol. The van der Waals surface area contributed by atoms with Gasteiger partial charge in [0.25, 0.3) is 0 Å². The molecule has 49 heteroatoms. The number of carboxylic acids is 1. The van der Waals surface area contributed by atoms with Crippen LogP contribution in [0.5, 0.6) is 17.2 Å². The number of aliphatic hydroxyl groups excluding tert-OH is 3. The number of fused-ring (bicyclic) bond motifs is 1. The molecule has 1 heterocycles. The number of phenolic OH excluding ortho intramolecular Hbond substituents is 3. The van der Waals surface area contributed by atoms with Gasteiger partial charge >= 0.3 is 5.97 Å². The van der Waals surface area contributed by atoms with E-state index < -0.39 is 223 Å². The highest BCUT2D eigenvalue weighted by molar-refractivity contribution is 6.01. The average Bonchev–Trinajstić information content (AvgIpc) is 1.66. The van der Waals surface area contributed by atoms with Gasteiger partial charge in [-0.15, -0.1) is 0 Å². The standard InChI is InChI=1S/C91H139N27O22/c1-48(2)39-65(110-77(128)61(18-8-10-34-92)106-75(126)59(94)16-12-36-101-89(95)96)80(131)105-50(5)74(125)118-73(49(3)4)87(138)113-67(41-52-24-30-56(123)31-25-52)82(133)112-68(43-54-44-104-60-17-7-6-15-58(54)60)83(134)116-72(47-121)86(137)117-71(46-120)85(136)111-66(40-51-22-28-55(122)29-23-51)81(132)108-62(19-9-11-35-93)76(127)107-64(21-14-38-103-91(99)100)79(130)115-70(45-119)84(135)109-63(20-13-37-102-90(97)98)78(129)114-69(88(139)140)42-53-26-32-57(124)33-27-53/h6-7,15,17,22-33,44,48-50,59,61-73,104,119-124H,8-14,16,18-21,34-43,45-47,92-94H2,1-5H3,(H,105,131)(H,106,126)(H,107,127)(H,108,132)(H,109,135)(H,110,128)(H,111,136)(H,112,133)(H,113,138)(H,114,129)(H,115,130)(H,116,134)(H,117,137)(H,118,125)(H,139,140)(H4,95,96,101)(H4,97,98,102)(H4,99,100,103). The van der Waals surface area contributed by atoms with Gasteiger partial charge in [0.15, 0.2) is 17.9 Å². The maximum absolute atomic E-state index is 15.2. The fourth-order valence-electron chi connectivity index (χ4n) is 14.5. The lowest BCUT2D eigenvalue weighted by Gasteiger charge is -2.29. The Balaban J connectivity index is 1.40. The molecule has 15 atom stereocenters. The number of aromatic nitrogens is 1. The number of nitrogens with two attached hydrogens (primary N) is 6. The molecule has 0 aliphatic carbocycles. The number of aliphatic carboxylic acids is 1. The number of carbonyl (C=O) groups excluding carboxylic acids is 14. The van der Waals surface area contributed by atoms with Crippen LogP contribution in [0.3, 0.4) is 0 Å². The lowest BCUT2D eigenvalue weighted by molar-refractivity contribution is -0.142. The molecule has 40 N–H and O–H groups in total. The van der Waals surface area contributed by atoms with Gasteiger partial charge in [-0.05, 0) is 180 Å². The number of carbonyl (C=O) groups is 15. The number of unbranched alkanes of at least 4 members (excludes halogenated alkanes) is 2. The molecular formula is C91H139N27O22. The maximum Gasteiger partial charge on any atom is 0.326 e. The van der Waals surface area contributed by atoms with E-state index >= 15 is 9.59 Å². The molecule has 14 amide bonds. The molecule has 0 aliphatic rings. The van der Waals surface area contributed by atoms with Gasteiger partial charge in [0, 0.05) is 62.4 Å². The van der Waals surface area contributed by atoms with E-state index in [4.69, 9.17) is 50.6 Å². The smallest absolute Gasteiger partial charge is 0.326 e. The first-order valence-electron chi connectivity index (χ1n) is 46.1. The van der Waals surface area contributed by atoms with E-state index in [1.54, 1.807) is 58.2 Å². The second kappa shape index (κ2) is 60.2. The van der Waals surface area contributed by atoms with E-state index in [0.717, 1.165) is 0 Å². The summed E-state index contributed by atoms with van der Waals surface area (Å²) < 4.78 is 0. The van der Waals surface area contributed by atoms with E-state index in [0.29, 0.717) is 46.9 Å². The fraction of sp³-hybridized carbons (Fsp3) is 0.516. The number of guanidine groups is 3. The molecule has 0 saturated heterocycles. The summed E-state index contributed by atoms with van der Waals surface area (Å²) in [6.07, 6.45) is 1.40. The zero-order chi connectivity index (χ0) is 104. The Morgan fingerprint density at radius 1 is 0.343 bits per heavy atom. The zero-order valence-corrected chi connectivity index (χ0v) is 79.0. The number of benzene rings is 4. The highest BCUT2D eigenvalue weighted by Crippen LogP contribution is 2.22. The Labute approximate surface area is 809 Å². The zero-order valence-electron chi connectivity index (χ0n) is 79.0. The van der Waals surface area contributed by atoms with Crippen molar-refractivity contribution in [1.82, 2.24) is 95.4 Å². The normalized spacial score (nSPS) is 14.4. The number of phenols is 3. The minimum atomic E-state index is -2.03. The number of amides is 14. The summed E-state index contributed by atoms with van der Waals surface area (Å²) in [5.74, 6) is -18.4. The number of aromatic amines is 1. The van der Waals surface area contributed by atoms with Gasteiger partial charge in [0.1, 0.15) is 102 Å². The van der Waals surface area contributed by atoms with Crippen molar-refractivity contribution in [1.29, 1.82) is 16.2 Å². The summed E-state index contributed by atoms with van der Waals surface area (Å²) in [5, 5.41) is 139. The van der Waals surface area contributed by atoms with Gasteiger partial charge < -0.3 is 166 Å². The van der Waals surface area contributed by atoms with Gasteiger partial charge in [-0.25, -0.2) is 4.79 Å². The van der Waals surface area contributed by atoms with Gasteiger partial charge in [0.2, 0.25) is 82.7 Å². The van der Waals surface area contributed by atoms with Crippen LogP contribution in [0.1, 0.15) is 140 Å². The number of rotatable bonds is 63. The first-order chi connectivity index (χ1) is 66.5. The largest absolute Gasteiger partial charge is 0.508 e. The van der Waals surface area contributed by atoms with Crippen molar-refractivity contribution < 1.29 is 108 Å². The van der Waals surface area contributed by atoms with Crippen molar-refractivity contribution in [3.63, 3.8) is 0 Å². The lowest BCUT2D eigenvalue weighted by atomic mass is 9.99. The van der Waals surface area contributed by atoms with E-state index in [1.807, 2.05) is 0 Å². The molecule has 0 spiro atoms. The molecule has 15 unspecified atom stereocenters. The van der Waals surface area contributed by atoms with Crippen LogP contribution in [-0.4, -0.2) is 290 Å². The third-order valence-corrected chi connectivity index (χ3v) is 22.3. The van der Waals surface area contributed by atoms with Crippen LogP contribution in [0.15, 0.2) is 103 Å². The molecule has 770 valence electrons. The molecule has 0 bridgehead atoms. The van der Waals surface area contributed by atoms with Crippen molar-refractivity contribution in [2.45, 2.75) is 234 Å². The Kier molecular flexibility index (Phi) is 49.9. The van der Waals surface area contributed by atoms with Gasteiger partial charge in [-0.1, -0.05) is 82.3 Å². The van der Waals surface area contributed by atoms with E-state index in [1.165, 1.54) is 79.7 Å². The van der Waals surface area contributed by atoms with E-state index in [-0.39, 0.29) is 151 Å². The summed E-state index contributed by atoms with van der Waals surface area (Å²) in [5.41, 5.74) is 36.1. The lowest BCUT2D eigenvalue weighted by Crippen LogP contribution is -2.62. The molecule has 0 radical (unpaired) electrons. The predicted octanol–water partition coefficient (Wildman–Crippen LogP) is -6.50. The van der Waals surface area contributed by atoms with Crippen LogP contribution in [0.4, 0.5) is 0 Å². The van der Waals surface area contributed by atoms with Crippen molar-refractivity contribution in [3.05, 3.63) is 126 Å². The van der Waals surface area contributed by atoms with E-state index in [2.05, 4.69) is 95.4 Å². The van der Waals surface area contributed by atoms with Crippen molar-refractivity contribution in [2.24, 2.45) is 46.2 Å². The van der Waals surface area contributed by atoms with Gasteiger partial charge in [-0.2, -0.15) is 0 Å². The summed E-state index contributed by atoms with van der Waals surface area (Å²) in [6.45, 7) is 5.03. The SMILES string of the molecule is CC(C)CC(NC(=O)C(CCCCN)NC(=O)C(N)CCCNC(=N)N)C(=O)NC(C)C(=O)NC(C(=O)NC(Cc1ccc(O)cc1)C(=O)NC(Cc1c[nH]c2ccccc12)C(=O)NC(CO)C(=O)NC(CO)C(=O)NC(Cc1ccc(O)cc1)C(=O)NC(CCCCN)C(=O)NC(CCCNC(=N)N)C(=O)NC(CO)C(=O)NC(CCCNC(=N)N)C(=O)NC(Cc1ccc(O)cc1)C(=O)O)C(C)C. The topological polar surface area (TPSA) is 846 Å². The van der Waals surface area contributed by atoms with Crippen molar-refractivity contribution in [3.8, 4) is 17.2 Å². The highest BCUT2D eigenvalue weighted by atomic mass is 16.4. The Hall–Kier alpha value is -14.6. The maximum atomic E-state index is 15.2. The molecule has 0 fully saturated rings. The van der Waals surface area contributed by atoms with Gasteiger partial charge in [0.05, 0.1) is 25.9 Å². The highest BCUT2D eigenvalue weighted by Gasteiger charge is 2.40. The van der Waals surface area contributed by atoms with Crippen LogP contribution < -0.4 is 125 Å². The van der Waals surface area contributed by atoms with Crippen LogP contribution in [-0.2, 0) is 97.6 Å². The third kappa shape index (κ3) is 41.0. The van der Waals surface area contributed by atoms with E-state index in [9.17, 15) is 98.1 Å².